The van der Waals surface area contributed by atoms with E-state index in [1.54, 1.807) is 12.1 Å². The van der Waals surface area contributed by atoms with Crippen LogP contribution in [0.4, 0.5) is 0 Å². The van der Waals surface area contributed by atoms with Crippen LogP contribution in [0, 0.1) is 25.2 Å². The lowest BCUT2D eigenvalue weighted by Crippen LogP contribution is -2.40. The quantitative estimate of drug-likeness (QED) is 0.598. The predicted octanol–water partition coefficient (Wildman–Crippen LogP) is 3.70. The van der Waals surface area contributed by atoms with Crippen LogP contribution in [-0.4, -0.2) is 32.2 Å². The number of carbonyl (C=O) groups excluding carboxylic acids is 1. The van der Waals surface area contributed by atoms with Crippen molar-refractivity contribution in [2.75, 3.05) is 13.6 Å². The van der Waals surface area contributed by atoms with E-state index in [1.807, 2.05) is 68.4 Å². The van der Waals surface area contributed by atoms with Gasteiger partial charge in [-0.1, -0.05) is 60.7 Å². The highest BCUT2D eigenvalue weighted by Crippen LogP contribution is 2.24. The minimum atomic E-state index is -4.00. The minimum Gasteiger partial charge on any atom is -0.344 e. The molecule has 0 aliphatic heterocycles. The molecule has 6 nitrogen and oxygen atoms in total. The van der Waals surface area contributed by atoms with Crippen molar-refractivity contribution in [3.8, 4) is 6.07 Å². The number of rotatable bonds is 7. The highest BCUT2D eigenvalue weighted by atomic mass is 32.2. The van der Waals surface area contributed by atoms with E-state index in [0.717, 1.165) is 26.6 Å². The van der Waals surface area contributed by atoms with Gasteiger partial charge in [-0.25, -0.2) is 8.42 Å². The number of amides is 1. The van der Waals surface area contributed by atoms with Gasteiger partial charge in [0.1, 0.15) is 6.07 Å². The lowest BCUT2D eigenvalue weighted by Gasteiger charge is -2.23. The summed E-state index contributed by atoms with van der Waals surface area (Å²) in [6.07, 6.45) is 0. The van der Waals surface area contributed by atoms with Crippen molar-refractivity contribution in [2.45, 2.75) is 24.8 Å². The molecule has 0 heterocycles. The number of benzene rings is 3. The summed E-state index contributed by atoms with van der Waals surface area (Å²) in [5.41, 5.74) is 4.09. The number of hydrogen-bond acceptors (Lipinski definition) is 4. The molecule has 1 N–H and O–H groups in total. The second-order valence-electron chi connectivity index (χ2n) is 7.62. The third-order valence-electron chi connectivity index (χ3n) is 5.36. The lowest BCUT2D eigenvalue weighted by molar-refractivity contribution is -0.121. The molecule has 32 heavy (non-hydrogen) atoms. The summed E-state index contributed by atoms with van der Waals surface area (Å²) in [6.45, 7) is 3.65. The molecule has 0 unspecified atom stereocenters. The van der Waals surface area contributed by atoms with Crippen LogP contribution in [0.5, 0.6) is 0 Å². The van der Waals surface area contributed by atoms with Crippen LogP contribution in [0.25, 0.3) is 0 Å². The number of nitriles is 1. The van der Waals surface area contributed by atoms with Gasteiger partial charge in [-0.2, -0.15) is 9.57 Å². The maximum Gasteiger partial charge on any atom is 0.244 e. The monoisotopic (exact) mass is 447 g/mol. The van der Waals surface area contributed by atoms with E-state index in [4.69, 9.17) is 0 Å². The summed E-state index contributed by atoms with van der Waals surface area (Å²) in [4.78, 5) is 12.8. The number of hydrogen-bond donors (Lipinski definition) is 1. The van der Waals surface area contributed by atoms with Gasteiger partial charge in [-0.05, 0) is 48.2 Å². The fourth-order valence-electron chi connectivity index (χ4n) is 3.39. The molecule has 0 spiro atoms. The number of aryl methyl sites for hydroxylation is 2. The van der Waals surface area contributed by atoms with Gasteiger partial charge in [0.2, 0.25) is 15.9 Å². The minimum absolute atomic E-state index is 0.0389. The van der Waals surface area contributed by atoms with Gasteiger partial charge in [0.15, 0.2) is 0 Å². The molecule has 3 aromatic carbocycles. The number of likely N-dealkylation sites (N-methyl/N-ethyl adjacent to an activating group) is 1. The van der Waals surface area contributed by atoms with Gasteiger partial charge < -0.3 is 5.32 Å². The summed E-state index contributed by atoms with van der Waals surface area (Å²) in [6, 6.07) is 22.9. The average molecular weight is 448 g/mol. The van der Waals surface area contributed by atoms with Crippen LogP contribution in [0.15, 0.2) is 77.7 Å². The van der Waals surface area contributed by atoms with Crippen molar-refractivity contribution >= 4 is 15.9 Å². The summed E-state index contributed by atoms with van der Waals surface area (Å²) >= 11 is 0. The molecule has 0 saturated carbocycles. The molecule has 3 rings (SSSR count). The summed E-state index contributed by atoms with van der Waals surface area (Å²) in [5, 5.41) is 12.2. The van der Waals surface area contributed by atoms with Crippen molar-refractivity contribution in [3.63, 3.8) is 0 Å². The second-order valence-corrected chi connectivity index (χ2v) is 9.64. The molecular weight excluding hydrogens is 422 g/mol. The van der Waals surface area contributed by atoms with Crippen molar-refractivity contribution in [3.05, 3.63) is 101 Å². The van der Waals surface area contributed by atoms with Gasteiger partial charge in [-0.15, -0.1) is 0 Å². The molecule has 3 aromatic rings. The maximum atomic E-state index is 13.0. The fourth-order valence-corrected chi connectivity index (χ4v) is 4.66. The smallest absolute Gasteiger partial charge is 0.244 e. The first-order chi connectivity index (χ1) is 15.2. The number of sulfonamides is 1. The molecule has 1 atom stereocenters. The topological polar surface area (TPSA) is 90.3 Å². The molecule has 0 aliphatic carbocycles. The zero-order chi connectivity index (χ0) is 23.3. The Labute approximate surface area is 189 Å². The predicted molar refractivity (Wildman–Crippen MR) is 123 cm³/mol. The Morgan fingerprint density at radius 2 is 1.62 bits per heavy atom. The second kappa shape index (κ2) is 9.77. The summed E-state index contributed by atoms with van der Waals surface area (Å²) in [7, 11) is -2.67. The molecule has 0 saturated heterocycles. The molecular formula is C25H25N3O3S. The molecule has 0 radical (unpaired) electrons. The van der Waals surface area contributed by atoms with Crippen molar-refractivity contribution in [2.24, 2.45) is 0 Å². The van der Waals surface area contributed by atoms with Crippen LogP contribution < -0.4 is 5.32 Å². The van der Waals surface area contributed by atoms with Crippen LogP contribution in [0.2, 0.25) is 0 Å². The normalized spacial score (nSPS) is 12.2. The Bertz CT molecular complexity index is 1270. The van der Waals surface area contributed by atoms with Gasteiger partial charge in [-0.3, -0.25) is 4.79 Å². The molecule has 0 aromatic heterocycles. The van der Waals surface area contributed by atoms with Crippen molar-refractivity contribution < 1.29 is 13.2 Å². The van der Waals surface area contributed by atoms with E-state index in [9.17, 15) is 18.5 Å². The Balaban J connectivity index is 1.85. The van der Waals surface area contributed by atoms with E-state index in [-0.39, 0.29) is 17.0 Å². The molecule has 0 bridgehead atoms. The molecule has 7 heteroatoms. The standard InChI is InChI=1S/C25H25N3O3S/c1-18-13-14-21(15-19(18)2)25(20-9-5-4-6-10-20)27-24(29)17-28(3)32(30,31)23-12-8-7-11-22(23)16-26/h4-15,25H,17H2,1-3H3,(H,27,29)/t25-/m0/s1. The molecule has 0 aliphatic rings. The van der Waals surface area contributed by atoms with Crippen LogP contribution in [0.3, 0.4) is 0 Å². The SMILES string of the molecule is Cc1ccc([C@@H](NC(=O)CN(C)S(=O)(=O)c2ccccc2C#N)c2ccccc2)cc1C. The van der Waals surface area contributed by atoms with Crippen molar-refractivity contribution in [1.82, 2.24) is 9.62 Å². The van der Waals surface area contributed by atoms with Gasteiger partial charge >= 0.3 is 0 Å². The summed E-state index contributed by atoms with van der Waals surface area (Å²) in [5.74, 6) is -0.447. The zero-order valence-corrected chi connectivity index (χ0v) is 19.1. The molecule has 0 fully saturated rings. The van der Waals surface area contributed by atoms with Gasteiger partial charge in [0.05, 0.1) is 23.0 Å². The van der Waals surface area contributed by atoms with Crippen LogP contribution >= 0.6 is 0 Å². The third-order valence-corrected chi connectivity index (χ3v) is 7.23. The van der Waals surface area contributed by atoms with Crippen LogP contribution in [0.1, 0.15) is 33.9 Å². The van der Waals surface area contributed by atoms with Crippen LogP contribution in [-0.2, 0) is 14.8 Å². The number of carbonyl (C=O) groups is 1. The van der Waals surface area contributed by atoms with Gasteiger partial charge in [0.25, 0.3) is 0 Å². The average Bonchev–Trinajstić information content (AvgIpc) is 2.79. The maximum absolute atomic E-state index is 13.0. The third kappa shape index (κ3) is 5.05. The molecule has 164 valence electrons. The van der Waals surface area contributed by atoms with Gasteiger partial charge in [0, 0.05) is 7.05 Å². The van der Waals surface area contributed by atoms with E-state index in [0.29, 0.717) is 0 Å². The lowest BCUT2D eigenvalue weighted by atomic mass is 9.95. The van der Waals surface area contributed by atoms with E-state index in [2.05, 4.69) is 5.32 Å². The zero-order valence-electron chi connectivity index (χ0n) is 18.2. The largest absolute Gasteiger partial charge is 0.344 e. The molecule has 1 amide bonds. The Morgan fingerprint density at radius 1 is 0.969 bits per heavy atom. The van der Waals surface area contributed by atoms with E-state index < -0.39 is 22.0 Å². The Kier molecular flexibility index (Phi) is 7.08. The highest BCUT2D eigenvalue weighted by Gasteiger charge is 2.27. The number of nitrogens with zero attached hydrogens (tertiary/aromatic N) is 2. The fraction of sp³-hybridized carbons (Fsp3) is 0.200. The summed E-state index contributed by atoms with van der Waals surface area (Å²) < 4.78 is 26.9. The number of nitrogens with one attached hydrogen (secondary N) is 1. The Hall–Kier alpha value is -3.47. The first-order valence-electron chi connectivity index (χ1n) is 10.1. The van der Waals surface area contributed by atoms with E-state index >= 15 is 0 Å². The first-order valence-corrected chi connectivity index (χ1v) is 11.5. The van der Waals surface area contributed by atoms with E-state index in [1.165, 1.54) is 19.2 Å². The Morgan fingerprint density at radius 3 is 2.28 bits per heavy atom. The first kappa shape index (κ1) is 23.2. The van der Waals surface area contributed by atoms with Crippen molar-refractivity contribution in [1.29, 1.82) is 5.26 Å². The highest BCUT2D eigenvalue weighted by molar-refractivity contribution is 7.89.